The largest absolute Gasteiger partial charge is 0.394 e. The molecule has 1 heterocycles. The van der Waals surface area contributed by atoms with E-state index in [0.717, 1.165) is 31.0 Å². The number of aliphatic hydroxyl groups excluding tert-OH is 1. The fourth-order valence-electron chi connectivity index (χ4n) is 2.35. The van der Waals surface area contributed by atoms with Gasteiger partial charge in [0.2, 0.25) is 0 Å². The van der Waals surface area contributed by atoms with E-state index in [-0.39, 0.29) is 12.1 Å². The zero-order valence-electron chi connectivity index (χ0n) is 10.1. The summed E-state index contributed by atoms with van der Waals surface area (Å²) < 4.78 is 0. The number of hydrogen-bond donors (Lipinski definition) is 2. The third-order valence-electron chi connectivity index (χ3n) is 3.73. The normalized spacial score (nSPS) is 19.4. The van der Waals surface area contributed by atoms with Crippen LogP contribution in [0.4, 0.5) is 5.69 Å². The highest BCUT2D eigenvalue weighted by molar-refractivity contribution is 6.30. The third-order valence-corrected chi connectivity index (χ3v) is 3.96. The molecule has 0 spiro atoms. The predicted molar refractivity (Wildman–Crippen MR) is 71.8 cm³/mol. The van der Waals surface area contributed by atoms with Crippen LogP contribution in [-0.2, 0) is 0 Å². The van der Waals surface area contributed by atoms with E-state index in [1.54, 1.807) is 0 Å². The maximum absolute atomic E-state index is 9.44. The molecular weight excluding hydrogens is 236 g/mol. The second-order valence-electron chi connectivity index (χ2n) is 4.66. The average molecular weight is 255 g/mol. The summed E-state index contributed by atoms with van der Waals surface area (Å²) in [6, 6.07) is 7.94. The first-order chi connectivity index (χ1) is 8.19. The third kappa shape index (κ3) is 2.73. The van der Waals surface area contributed by atoms with Crippen LogP contribution in [0.2, 0.25) is 5.02 Å². The molecule has 1 fully saturated rings. The molecule has 0 atom stereocenters. The number of nitrogens with one attached hydrogen (secondary N) is 1. The summed E-state index contributed by atoms with van der Waals surface area (Å²) in [4.78, 5) is 2.32. The Bertz CT molecular complexity index is 369. The number of piperidine rings is 1. The zero-order chi connectivity index (χ0) is 12.3. The van der Waals surface area contributed by atoms with Crippen molar-refractivity contribution < 1.29 is 5.11 Å². The fourth-order valence-corrected chi connectivity index (χ4v) is 2.54. The summed E-state index contributed by atoms with van der Waals surface area (Å²) in [5.41, 5.74) is 1.06. The van der Waals surface area contributed by atoms with Gasteiger partial charge in [-0.3, -0.25) is 0 Å². The summed E-state index contributed by atoms with van der Waals surface area (Å²) in [6.45, 7) is 2.09. The molecule has 1 aromatic rings. The number of benzene rings is 1. The predicted octanol–water partition coefficient (Wildman–Crippen LogP) is 1.89. The van der Waals surface area contributed by atoms with Crippen molar-refractivity contribution in [2.45, 2.75) is 18.4 Å². The molecule has 0 amide bonds. The topological polar surface area (TPSA) is 35.5 Å². The Morgan fingerprint density at radius 1 is 1.41 bits per heavy atom. The lowest BCUT2D eigenvalue weighted by molar-refractivity contribution is 0.142. The average Bonchev–Trinajstić information content (AvgIpc) is 2.39. The Morgan fingerprint density at radius 2 is 2.12 bits per heavy atom. The van der Waals surface area contributed by atoms with Crippen LogP contribution < -0.4 is 10.2 Å². The summed E-state index contributed by atoms with van der Waals surface area (Å²) in [5, 5.41) is 13.5. The van der Waals surface area contributed by atoms with Crippen LogP contribution in [0.1, 0.15) is 12.8 Å². The molecule has 1 aromatic carbocycles. The quantitative estimate of drug-likeness (QED) is 0.865. The second-order valence-corrected chi connectivity index (χ2v) is 5.09. The second kappa shape index (κ2) is 5.25. The van der Waals surface area contributed by atoms with Crippen molar-refractivity contribution in [3.05, 3.63) is 29.3 Å². The monoisotopic (exact) mass is 254 g/mol. The van der Waals surface area contributed by atoms with E-state index in [9.17, 15) is 5.11 Å². The molecule has 3 nitrogen and oxygen atoms in total. The molecule has 0 aliphatic carbocycles. The standard InChI is InChI=1S/C13H19ClN2O/c1-15-13(10-17)5-7-16(8-6-13)12-4-2-3-11(14)9-12/h2-4,9,15,17H,5-8,10H2,1H3. The van der Waals surface area contributed by atoms with Gasteiger partial charge in [-0.2, -0.15) is 0 Å². The maximum atomic E-state index is 9.44. The van der Waals surface area contributed by atoms with Crippen LogP contribution >= 0.6 is 11.6 Å². The van der Waals surface area contributed by atoms with Crippen molar-refractivity contribution in [3.63, 3.8) is 0 Å². The summed E-state index contributed by atoms with van der Waals surface area (Å²) >= 11 is 6.00. The minimum Gasteiger partial charge on any atom is -0.394 e. The summed E-state index contributed by atoms with van der Waals surface area (Å²) in [6.07, 6.45) is 1.90. The maximum Gasteiger partial charge on any atom is 0.0614 e. The van der Waals surface area contributed by atoms with E-state index in [4.69, 9.17) is 11.6 Å². The Labute approximate surface area is 107 Å². The highest BCUT2D eigenvalue weighted by Crippen LogP contribution is 2.27. The van der Waals surface area contributed by atoms with Gasteiger partial charge in [0.15, 0.2) is 0 Å². The number of halogens is 1. The first-order valence-corrected chi connectivity index (χ1v) is 6.37. The van der Waals surface area contributed by atoms with Gasteiger partial charge >= 0.3 is 0 Å². The van der Waals surface area contributed by atoms with Gasteiger partial charge in [0.25, 0.3) is 0 Å². The molecule has 0 bridgehead atoms. The smallest absolute Gasteiger partial charge is 0.0614 e. The molecule has 94 valence electrons. The van der Waals surface area contributed by atoms with E-state index in [1.165, 1.54) is 5.69 Å². The lowest BCUT2D eigenvalue weighted by atomic mass is 9.88. The molecule has 2 rings (SSSR count). The lowest BCUT2D eigenvalue weighted by Crippen LogP contribution is -2.54. The minimum atomic E-state index is -0.102. The molecule has 0 aromatic heterocycles. The highest BCUT2D eigenvalue weighted by atomic mass is 35.5. The molecule has 4 heteroatoms. The summed E-state index contributed by atoms with van der Waals surface area (Å²) in [5.74, 6) is 0. The van der Waals surface area contributed by atoms with Crippen LogP contribution in [0.3, 0.4) is 0 Å². The highest BCUT2D eigenvalue weighted by Gasteiger charge is 2.32. The SMILES string of the molecule is CNC1(CO)CCN(c2cccc(Cl)c2)CC1. The number of aliphatic hydroxyl groups is 1. The van der Waals surface area contributed by atoms with E-state index in [0.29, 0.717) is 0 Å². The lowest BCUT2D eigenvalue weighted by Gasteiger charge is -2.41. The van der Waals surface area contributed by atoms with Gasteiger partial charge in [0, 0.05) is 29.3 Å². The van der Waals surface area contributed by atoms with Gasteiger partial charge in [-0.05, 0) is 38.1 Å². The Morgan fingerprint density at radius 3 is 2.65 bits per heavy atom. The van der Waals surface area contributed by atoms with Crippen LogP contribution in [0, 0.1) is 0 Å². The van der Waals surface area contributed by atoms with Gasteiger partial charge in [-0.15, -0.1) is 0 Å². The number of nitrogens with zero attached hydrogens (tertiary/aromatic N) is 1. The van der Waals surface area contributed by atoms with Gasteiger partial charge < -0.3 is 15.3 Å². The van der Waals surface area contributed by atoms with E-state index in [1.807, 2.05) is 25.2 Å². The van der Waals surface area contributed by atoms with Crippen molar-refractivity contribution in [3.8, 4) is 0 Å². The van der Waals surface area contributed by atoms with Crippen LogP contribution in [-0.4, -0.2) is 37.4 Å². The van der Waals surface area contributed by atoms with Gasteiger partial charge in [0.05, 0.1) is 6.61 Å². The van der Waals surface area contributed by atoms with Crippen molar-refractivity contribution in [2.75, 3.05) is 31.6 Å². The molecule has 1 aliphatic rings. The van der Waals surface area contributed by atoms with E-state index < -0.39 is 0 Å². The number of hydrogen-bond acceptors (Lipinski definition) is 3. The van der Waals surface area contributed by atoms with Gasteiger partial charge in [-0.25, -0.2) is 0 Å². The molecule has 17 heavy (non-hydrogen) atoms. The van der Waals surface area contributed by atoms with Crippen LogP contribution in [0.15, 0.2) is 24.3 Å². The number of rotatable bonds is 3. The van der Waals surface area contributed by atoms with Crippen LogP contribution in [0.5, 0.6) is 0 Å². The molecule has 0 saturated carbocycles. The van der Waals surface area contributed by atoms with Crippen LogP contribution in [0.25, 0.3) is 0 Å². The molecule has 1 aliphatic heterocycles. The minimum absolute atomic E-state index is 0.102. The van der Waals surface area contributed by atoms with Gasteiger partial charge in [0.1, 0.15) is 0 Å². The molecule has 0 unspecified atom stereocenters. The molecule has 0 radical (unpaired) electrons. The first kappa shape index (κ1) is 12.7. The zero-order valence-corrected chi connectivity index (χ0v) is 10.9. The number of likely N-dealkylation sites (N-methyl/N-ethyl adjacent to an activating group) is 1. The Balaban J connectivity index is 2.04. The van der Waals surface area contributed by atoms with E-state index >= 15 is 0 Å². The van der Waals surface area contributed by atoms with Crippen molar-refractivity contribution in [1.82, 2.24) is 5.32 Å². The number of anilines is 1. The Kier molecular flexibility index (Phi) is 3.92. The Hall–Kier alpha value is -0.770. The fraction of sp³-hybridized carbons (Fsp3) is 0.538. The van der Waals surface area contributed by atoms with Crippen molar-refractivity contribution in [1.29, 1.82) is 0 Å². The van der Waals surface area contributed by atoms with Gasteiger partial charge in [-0.1, -0.05) is 17.7 Å². The summed E-state index contributed by atoms with van der Waals surface area (Å²) in [7, 11) is 1.92. The van der Waals surface area contributed by atoms with E-state index in [2.05, 4.69) is 16.3 Å². The van der Waals surface area contributed by atoms with Crippen molar-refractivity contribution in [2.24, 2.45) is 0 Å². The molecule has 2 N–H and O–H groups in total. The molecule has 1 saturated heterocycles. The molecular formula is C13H19ClN2O. The van der Waals surface area contributed by atoms with Crippen molar-refractivity contribution >= 4 is 17.3 Å². The first-order valence-electron chi connectivity index (χ1n) is 5.99.